The molecule has 0 aromatic heterocycles. The van der Waals surface area contributed by atoms with E-state index in [4.69, 9.17) is 18.9 Å². The number of hydrogen-bond donors (Lipinski definition) is 0. The summed E-state index contributed by atoms with van der Waals surface area (Å²) in [5.74, 6) is -2.21. The summed E-state index contributed by atoms with van der Waals surface area (Å²) in [6.45, 7) is 5.24. The SMILES string of the molecule is CC(=O)N(C[C@H]1CN(c2ccc(C3CCS(=O)(=O)CC3)c(F)c2)C(=O)O1)C(=O)OCOC(=O)CCCCN=C([O-])OC(C)(C)C. The number of esters is 1. The van der Waals surface area contributed by atoms with Crippen molar-refractivity contribution in [2.45, 2.75) is 77.4 Å². The van der Waals surface area contributed by atoms with Crippen molar-refractivity contribution < 1.29 is 56.0 Å². The molecule has 0 aliphatic carbocycles. The van der Waals surface area contributed by atoms with Gasteiger partial charge in [-0.25, -0.2) is 27.3 Å². The number of nitrogens with zero attached hydrogens (tertiary/aromatic N) is 3. The summed E-state index contributed by atoms with van der Waals surface area (Å²) in [7, 11) is -3.10. The third-order valence-electron chi connectivity index (χ3n) is 6.98. The fraction of sp³-hybridized carbons (Fsp3) is 0.621. The van der Waals surface area contributed by atoms with Gasteiger partial charge < -0.3 is 24.1 Å². The highest BCUT2D eigenvalue weighted by atomic mass is 32.2. The van der Waals surface area contributed by atoms with Crippen LogP contribution in [0.15, 0.2) is 23.2 Å². The molecule has 0 unspecified atom stereocenters. The second kappa shape index (κ2) is 15.4. The second-order valence-corrected chi connectivity index (χ2v) is 14.0. The van der Waals surface area contributed by atoms with Gasteiger partial charge in [-0.15, -0.1) is 0 Å². The van der Waals surface area contributed by atoms with Crippen LogP contribution in [0.1, 0.15) is 71.3 Å². The molecule has 0 N–H and O–H groups in total. The molecule has 1 aromatic rings. The van der Waals surface area contributed by atoms with Crippen LogP contribution in [0, 0.1) is 5.82 Å². The smallest absolute Gasteiger partial charge is 0.419 e. The largest absolute Gasteiger partial charge is 0.595 e. The molecule has 0 bridgehead atoms. The molecular weight excluding hydrogens is 617 g/mol. The third-order valence-corrected chi connectivity index (χ3v) is 8.69. The van der Waals surface area contributed by atoms with E-state index in [1.165, 1.54) is 18.2 Å². The molecular formula is C29H39FN3O11S-. The zero-order valence-electron chi connectivity index (χ0n) is 25.8. The van der Waals surface area contributed by atoms with Crippen LogP contribution >= 0.6 is 0 Å². The molecule has 45 heavy (non-hydrogen) atoms. The Bertz CT molecular complexity index is 1380. The van der Waals surface area contributed by atoms with E-state index in [0.717, 1.165) is 11.8 Å². The Balaban J connectivity index is 1.44. The minimum atomic E-state index is -3.10. The van der Waals surface area contributed by atoms with Gasteiger partial charge in [-0.3, -0.25) is 19.5 Å². The topological polar surface area (TPSA) is 181 Å². The standard InChI is InChI=1S/C29H40FN3O11S/c1-19(34)32(27(37)42-18-41-25(35)7-5-6-12-31-26(36)44-29(2,3)4)16-22-17-33(28(38)43-22)21-8-9-23(24(30)15-21)20-10-13-45(39,40)14-11-20/h8-9,15,20,22H,5-7,10-14,16-18H2,1-4H3,(H,31,36)/p-1/t22-/m0/s1. The minimum Gasteiger partial charge on any atom is -0.595 e. The molecule has 3 rings (SSSR count). The highest BCUT2D eigenvalue weighted by Crippen LogP contribution is 2.33. The summed E-state index contributed by atoms with van der Waals surface area (Å²) in [6, 6.07) is 4.23. The normalized spacial score (nSPS) is 18.7. The lowest BCUT2D eigenvalue weighted by atomic mass is 9.93. The summed E-state index contributed by atoms with van der Waals surface area (Å²) in [6.07, 6.45) is -2.16. The number of aliphatic imine (C=N–C) groups is 1. The van der Waals surface area contributed by atoms with Gasteiger partial charge in [-0.2, -0.15) is 0 Å². The molecule has 2 saturated heterocycles. The first kappa shape index (κ1) is 35.5. The average Bonchev–Trinajstić information content (AvgIpc) is 3.30. The van der Waals surface area contributed by atoms with Crippen LogP contribution in [0.25, 0.3) is 0 Å². The lowest BCUT2D eigenvalue weighted by molar-refractivity contribution is -0.260. The first-order chi connectivity index (χ1) is 21.0. The fourth-order valence-electron chi connectivity index (χ4n) is 4.72. The summed E-state index contributed by atoms with van der Waals surface area (Å²) < 4.78 is 58.5. The van der Waals surface area contributed by atoms with Gasteiger partial charge in [0.25, 0.3) is 0 Å². The molecule has 2 heterocycles. The Morgan fingerprint density at radius 2 is 1.84 bits per heavy atom. The van der Waals surface area contributed by atoms with Crippen LogP contribution in [0.5, 0.6) is 0 Å². The van der Waals surface area contributed by atoms with Crippen LogP contribution in [0.3, 0.4) is 0 Å². The van der Waals surface area contributed by atoms with Crippen molar-refractivity contribution >= 4 is 45.7 Å². The molecule has 14 nitrogen and oxygen atoms in total. The Labute approximate surface area is 261 Å². The molecule has 3 amide bonds. The van der Waals surface area contributed by atoms with Crippen molar-refractivity contribution in [3.8, 4) is 0 Å². The van der Waals surface area contributed by atoms with Crippen molar-refractivity contribution in [2.75, 3.05) is 42.8 Å². The van der Waals surface area contributed by atoms with Crippen molar-refractivity contribution in [2.24, 2.45) is 4.99 Å². The van der Waals surface area contributed by atoms with E-state index in [9.17, 15) is 37.1 Å². The van der Waals surface area contributed by atoms with E-state index in [1.807, 2.05) is 0 Å². The van der Waals surface area contributed by atoms with E-state index < -0.39 is 64.3 Å². The van der Waals surface area contributed by atoms with Crippen molar-refractivity contribution in [1.82, 2.24) is 4.90 Å². The Kier molecular flexibility index (Phi) is 12.1. The van der Waals surface area contributed by atoms with Crippen molar-refractivity contribution in [1.29, 1.82) is 0 Å². The molecule has 0 spiro atoms. The highest BCUT2D eigenvalue weighted by molar-refractivity contribution is 7.91. The van der Waals surface area contributed by atoms with Gasteiger partial charge >= 0.3 is 18.2 Å². The number of sulfone groups is 1. The zero-order valence-corrected chi connectivity index (χ0v) is 26.6. The van der Waals surface area contributed by atoms with E-state index in [1.54, 1.807) is 20.8 Å². The molecule has 16 heteroatoms. The zero-order chi connectivity index (χ0) is 33.4. The number of cyclic esters (lactones) is 1. The third kappa shape index (κ3) is 11.2. The number of carbonyl (C=O) groups is 4. The van der Waals surface area contributed by atoms with Gasteiger partial charge in [-0.05, 0) is 49.3 Å². The quantitative estimate of drug-likeness (QED) is 0.112. The Morgan fingerprint density at radius 3 is 2.47 bits per heavy atom. The van der Waals surface area contributed by atoms with Crippen LogP contribution in [-0.4, -0.2) is 93.1 Å². The predicted octanol–water partition coefficient (Wildman–Crippen LogP) is 2.63. The van der Waals surface area contributed by atoms with Crippen LogP contribution in [-0.2, 0) is 38.4 Å². The maximum absolute atomic E-state index is 15.0. The predicted molar refractivity (Wildman–Crippen MR) is 156 cm³/mol. The maximum Gasteiger partial charge on any atom is 0.419 e. The molecule has 2 fully saturated rings. The fourth-order valence-corrected chi connectivity index (χ4v) is 6.21. The Hall–Kier alpha value is -3.95. The van der Waals surface area contributed by atoms with Crippen molar-refractivity contribution in [3.63, 3.8) is 0 Å². The van der Waals surface area contributed by atoms with E-state index >= 15 is 0 Å². The number of rotatable bonds is 11. The van der Waals surface area contributed by atoms with Crippen LogP contribution in [0.4, 0.5) is 19.7 Å². The monoisotopic (exact) mass is 656 g/mol. The number of anilines is 1. The van der Waals surface area contributed by atoms with Crippen LogP contribution in [0.2, 0.25) is 0 Å². The summed E-state index contributed by atoms with van der Waals surface area (Å²) in [4.78, 5) is 54.7. The van der Waals surface area contributed by atoms with Gasteiger partial charge in [0.05, 0.1) is 30.3 Å². The van der Waals surface area contributed by atoms with E-state index in [0.29, 0.717) is 36.1 Å². The number of carbonyl (C=O) groups excluding carboxylic acids is 4. The highest BCUT2D eigenvalue weighted by Gasteiger charge is 2.36. The number of unbranched alkanes of at least 4 members (excludes halogenated alkanes) is 1. The number of benzene rings is 1. The molecule has 0 saturated carbocycles. The molecule has 1 aromatic carbocycles. The van der Waals surface area contributed by atoms with Gasteiger partial charge in [0.1, 0.15) is 27.8 Å². The average molecular weight is 657 g/mol. The van der Waals surface area contributed by atoms with Crippen LogP contribution < -0.4 is 10.0 Å². The maximum atomic E-state index is 15.0. The van der Waals surface area contributed by atoms with Gasteiger partial charge in [0.2, 0.25) is 12.7 Å². The van der Waals surface area contributed by atoms with Gasteiger partial charge in [0, 0.05) is 25.5 Å². The Morgan fingerprint density at radius 1 is 1.16 bits per heavy atom. The molecule has 250 valence electrons. The first-order valence-corrected chi connectivity index (χ1v) is 16.4. The van der Waals surface area contributed by atoms with Crippen molar-refractivity contribution in [3.05, 3.63) is 29.6 Å². The summed E-state index contributed by atoms with van der Waals surface area (Å²) >= 11 is 0. The molecule has 1 atom stereocenters. The second-order valence-electron chi connectivity index (χ2n) is 11.7. The van der Waals surface area contributed by atoms with E-state index in [-0.39, 0.29) is 49.2 Å². The molecule has 2 aliphatic heterocycles. The number of ether oxygens (including phenoxy) is 4. The van der Waals surface area contributed by atoms with E-state index in [2.05, 4.69) is 4.99 Å². The summed E-state index contributed by atoms with van der Waals surface area (Å²) in [5.41, 5.74) is -0.0746. The minimum absolute atomic E-state index is 0.00783. The number of halogens is 1. The summed E-state index contributed by atoms with van der Waals surface area (Å²) in [5, 5.41) is 11.5. The molecule has 2 aliphatic rings. The lowest BCUT2D eigenvalue weighted by Gasteiger charge is -2.29. The molecule has 0 radical (unpaired) electrons. The lowest BCUT2D eigenvalue weighted by Crippen LogP contribution is -2.42. The van der Waals surface area contributed by atoms with Gasteiger partial charge in [-0.1, -0.05) is 26.8 Å². The number of hydrogen-bond acceptors (Lipinski definition) is 12. The number of amides is 3. The number of imide groups is 1. The van der Waals surface area contributed by atoms with Gasteiger partial charge in [0.15, 0.2) is 0 Å². The first-order valence-electron chi connectivity index (χ1n) is 14.5.